The number of halogens is 1. The van der Waals surface area contributed by atoms with E-state index in [0.29, 0.717) is 22.7 Å². The second-order valence-corrected chi connectivity index (χ2v) is 6.46. The Labute approximate surface area is 135 Å². The van der Waals surface area contributed by atoms with Crippen LogP contribution in [0.15, 0.2) is 34.8 Å². The van der Waals surface area contributed by atoms with Crippen LogP contribution in [0.2, 0.25) is 0 Å². The summed E-state index contributed by atoms with van der Waals surface area (Å²) in [4.78, 5) is 25.0. The van der Waals surface area contributed by atoms with Crippen molar-refractivity contribution >= 4 is 44.1 Å². The van der Waals surface area contributed by atoms with Crippen LogP contribution in [0.25, 0.3) is 0 Å². The van der Waals surface area contributed by atoms with E-state index in [0.717, 1.165) is 9.35 Å². The predicted octanol–water partition coefficient (Wildman–Crippen LogP) is 4.25. The summed E-state index contributed by atoms with van der Waals surface area (Å²) in [5.41, 5.74) is 0.910. The van der Waals surface area contributed by atoms with E-state index >= 15 is 0 Å². The van der Waals surface area contributed by atoms with Gasteiger partial charge < -0.3 is 10.1 Å². The Balaban J connectivity index is 2.23. The number of amides is 1. The minimum Gasteiger partial charge on any atom is -0.462 e. The molecule has 2 rings (SSSR count). The average Bonchev–Trinajstić information content (AvgIpc) is 2.80. The standard InChI is InChI=1S/C15H14BrNO3S/c1-3-20-15(19)12-7-9(2)21-14(12)17-13(18)10-5-4-6-11(16)8-10/h4-8H,3H2,1-2H3,(H,17,18). The minimum atomic E-state index is -0.425. The molecule has 0 radical (unpaired) electrons. The Morgan fingerprint density at radius 2 is 2.10 bits per heavy atom. The van der Waals surface area contributed by atoms with Gasteiger partial charge in [0.05, 0.1) is 12.2 Å². The summed E-state index contributed by atoms with van der Waals surface area (Å²) in [7, 11) is 0. The molecule has 4 nitrogen and oxygen atoms in total. The maximum absolute atomic E-state index is 12.2. The van der Waals surface area contributed by atoms with E-state index in [9.17, 15) is 9.59 Å². The number of benzene rings is 1. The molecule has 0 aliphatic heterocycles. The first-order chi connectivity index (χ1) is 10.0. The summed E-state index contributed by atoms with van der Waals surface area (Å²) in [6.45, 7) is 3.92. The van der Waals surface area contributed by atoms with Crippen molar-refractivity contribution < 1.29 is 14.3 Å². The molecule has 0 saturated heterocycles. The fourth-order valence-corrected chi connectivity index (χ4v) is 3.07. The molecule has 2 aromatic rings. The number of anilines is 1. The molecule has 21 heavy (non-hydrogen) atoms. The molecule has 0 saturated carbocycles. The Bertz CT molecular complexity index is 681. The van der Waals surface area contributed by atoms with Crippen molar-refractivity contribution in [1.29, 1.82) is 0 Å². The van der Waals surface area contributed by atoms with Crippen molar-refractivity contribution in [1.82, 2.24) is 0 Å². The third-order valence-electron chi connectivity index (χ3n) is 2.66. The molecule has 0 fully saturated rings. The molecule has 0 bridgehead atoms. The first-order valence-electron chi connectivity index (χ1n) is 6.35. The maximum Gasteiger partial charge on any atom is 0.341 e. The number of carbonyl (C=O) groups excluding carboxylic acids is 2. The lowest BCUT2D eigenvalue weighted by molar-refractivity contribution is 0.0528. The average molecular weight is 368 g/mol. The number of ether oxygens (including phenoxy) is 1. The number of nitrogens with one attached hydrogen (secondary N) is 1. The van der Waals surface area contributed by atoms with Crippen LogP contribution in [0.5, 0.6) is 0 Å². The SMILES string of the molecule is CCOC(=O)c1cc(C)sc1NC(=O)c1cccc(Br)c1. The molecule has 0 aliphatic rings. The lowest BCUT2D eigenvalue weighted by Crippen LogP contribution is -2.14. The fourth-order valence-electron chi connectivity index (χ4n) is 1.77. The van der Waals surface area contributed by atoms with Crippen molar-refractivity contribution in [2.75, 3.05) is 11.9 Å². The van der Waals surface area contributed by atoms with Crippen LogP contribution in [-0.4, -0.2) is 18.5 Å². The maximum atomic E-state index is 12.2. The zero-order valence-corrected chi connectivity index (χ0v) is 14.0. The lowest BCUT2D eigenvalue weighted by atomic mass is 10.2. The first-order valence-corrected chi connectivity index (χ1v) is 7.96. The Morgan fingerprint density at radius 3 is 2.76 bits per heavy atom. The van der Waals surface area contributed by atoms with E-state index < -0.39 is 5.97 Å². The van der Waals surface area contributed by atoms with Crippen LogP contribution in [0, 0.1) is 6.92 Å². The van der Waals surface area contributed by atoms with Crippen molar-refractivity contribution in [3.05, 3.63) is 50.8 Å². The normalized spacial score (nSPS) is 10.2. The van der Waals surface area contributed by atoms with E-state index in [-0.39, 0.29) is 5.91 Å². The molecule has 0 spiro atoms. The summed E-state index contributed by atoms with van der Waals surface area (Å²) in [6.07, 6.45) is 0. The van der Waals surface area contributed by atoms with Gasteiger partial charge in [0.25, 0.3) is 5.91 Å². The highest BCUT2D eigenvalue weighted by Crippen LogP contribution is 2.29. The van der Waals surface area contributed by atoms with Gasteiger partial charge in [-0.05, 0) is 38.1 Å². The van der Waals surface area contributed by atoms with Crippen LogP contribution in [0.1, 0.15) is 32.5 Å². The molecule has 1 aromatic carbocycles. The lowest BCUT2D eigenvalue weighted by Gasteiger charge is -2.06. The number of hydrogen-bond acceptors (Lipinski definition) is 4. The van der Waals surface area contributed by atoms with Gasteiger partial charge in [-0.25, -0.2) is 4.79 Å². The van der Waals surface area contributed by atoms with Gasteiger partial charge in [-0.2, -0.15) is 0 Å². The van der Waals surface area contributed by atoms with Crippen LogP contribution in [-0.2, 0) is 4.74 Å². The zero-order chi connectivity index (χ0) is 15.4. The first kappa shape index (κ1) is 15.7. The molecule has 1 amide bonds. The monoisotopic (exact) mass is 367 g/mol. The summed E-state index contributed by atoms with van der Waals surface area (Å²) < 4.78 is 5.82. The second-order valence-electron chi connectivity index (χ2n) is 4.28. The summed E-state index contributed by atoms with van der Waals surface area (Å²) in [6, 6.07) is 8.78. The predicted molar refractivity (Wildman–Crippen MR) is 87.1 cm³/mol. The van der Waals surface area contributed by atoms with Crippen LogP contribution < -0.4 is 5.32 Å². The Morgan fingerprint density at radius 1 is 1.33 bits per heavy atom. The highest BCUT2D eigenvalue weighted by Gasteiger charge is 2.18. The van der Waals surface area contributed by atoms with Gasteiger partial charge in [0.15, 0.2) is 0 Å². The molecule has 1 aromatic heterocycles. The molecule has 0 unspecified atom stereocenters. The Kier molecular flexibility index (Phi) is 5.14. The number of hydrogen-bond donors (Lipinski definition) is 1. The number of rotatable bonds is 4. The van der Waals surface area contributed by atoms with E-state index in [1.165, 1.54) is 11.3 Å². The quantitative estimate of drug-likeness (QED) is 0.821. The molecule has 0 atom stereocenters. The topological polar surface area (TPSA) is 55.4 Å². The van der Waals surface area contributed by atoms with Gasteiger partial charge in [0.2, 0.25) is 0 Å². The van der Waals surface area contributed by atoms with Crippen LogP contribution >= 0.6 is 27.3 Å². The molecule has 1 N–H and O–H groups in total. The number of thiophene rings is 1. The highest BCUT2D eigenvalue weighted by molar-refractivity contribution is 9.10. The summed E-state index contributed by atoms with van der Waals surface area (Å²) >= 11 is 4.68. The smallest absolute Gasteiger partial charge is 0.341 e. The third kappa shape index (κ3) is 3.92. The minimum absolute atomic E-state index is 0.260. The number of esters is 1. The van der Waals surface area contributed by atoms with Gasteiger partial charge in [0.1, 0.15) is 5.00 Å². The van der Waals surface area contributed by atoms with Crippen molar-refractivity contribution in [2.45, 2.75) is 13.8 Å². The molecular formula is C15H14BrNO3S. The largest absolute Gasteiger partial charge is 0.462 e. The molecule has 6 heteroatoms. The summed E-state index contributed by atoms with van der Waals surface area (Å²) in [5.74, 6) is -0.685. The van der Waals surface area contributed by atoms with Gasteiger partial charge in [0, 0.05) is 14.9 Å². The molecule has 110 valence electrons. The van der Waals surface area contributed by atoms with Gasteiger partial charge >= 0.3 is 5.97 Å². The van der Waals surface area contributed by atoms with Gasteiger partial charge in [-0.1, -0.05) is 22.0 Å². The van der Waals surface area contributed by atoms with E-state index in [4.69, 9.17) is 4.74 Å². The summed E-state index contributed by atoms with van der Waals surface area (Å²) in [5, 5.41) is 3.28. The molecule has 0 aliphatic carbocycles. The number of aryl methyl sites for hydroxylation is 1. The second kappa shape index (κ2) is 6.87. The molecule has 1 heterocycles. The van der Waals surface area contributed by atoms with E-state index in [1.54, 1.807) is 31.2 Å². The van der Waals surface area contributed by atoms with Crippen molar-refractivity contribution in [3.63, 3.8) is 0 Å². The Hall–Kier alpha value is -1.66. The third-order valence-corrected chi connectivity index (χ3v) is 4.12. The zero-order valence-electron chi connectivity index (χ0n) is 11.6. The highest BCUT2D eigenvalue weighted by atomic mass is 79.9. The van der Waals surface area contributed by atoms with E-state index in [2.05, 4.69) is 21.2 Å². The van der Waals surface area contributed by atoms with Crippen LogP contribution in [0.4, 0.5) is 5.00 Å². The van der Waals surface area contributed by atoms with Crippen LogP contribution in [0.3, 0.4) is 0 Å². The van der Waals surface area contributed by atoms with Gasteiger partial charge in [-0.3, -0.25) is 4.79 Å². The van der Waals surface area contributed by atoms with Crippen molar-refractivity contribution in [3.8, 4) is 0 Å². The van der Waals surface area contributed by atoms with Crippen molar-refractivity contribution in [2.24, 2.45) is 0 Å². The van der Waals surface area contributed by atoms with E-state index in [1.807, 2.05) is 13.0 Å². The fraction of sp³-hybridized carbons (Fsp3) is 0.200. The molecular weight excluding hydrogens is 354 g/mol. The number of carbonyl (C=O) groups is 2. The van der Waals surface area contributed by atoms with Gasteiger partial charge in [-0.15, -0.1) is 11.3 Å².